The summed E-state index contributed by atoms with van der Waals surface area (Å²) in [5, 5.41) is 2.98. The van der Waals surface area contributed by atoms with Gasteiger partial charge in [0.05, 0.1) is 5.92 Å². The van der Waals surface area contributed by atoms with Gasteiger partial charge in [-0.3, -0.25) is 9.59 Å². The van der Waals surface area contributed by atoms with Gasteiger partial charge in [0, 0.05) is 25.3 Å². The second-order valence-corrected chi connectivity index (χ2v) is 6.54. The summed E-state index contributed by atoms with van der Waals surface area (Å²) in [6.45, 7) is 4.17. The Kier molecular flexibility index (Phi) is 6.34. The summed E-state index contributed by atoms with van der Waals surface area (Å²) < 4.78 is 0. The smallest absolute Gasteiger partial charge is 0.253 e. The van der Waals surface area contributed by atoms with E-state index in [1.54, 1.807) is 32.3 Å². The Balaban J connectivity index is 2.24. The van der Waals surface area contributed by atoms with Gasteiger partial charge in [-0.25, -0.2) is 0 Å². The van der Waals surface area contributed by atoms with Crippen LogP contribution in [0.5, 0.6) is 0 Å². The molecule has 0 aliphatic heterocycles. The first-order valence-corrected chi connectivity index (χ1v) is 8.61. The number of amides is 2. The van der Waals surface area contributed by atoms with E-state index >= 15 is 0 Å². The van der Waals surface area contributed by atoms with Gasteiger partial charge in [-0.2, -0.15) is 0 Å². The number of anilines is 1. The normalized spacial score (nSPS) is 13.0. The zero-order chi connectivity index (χ0) is 18.4. The summed E-state index contributed by atoms with van der Waals surface area (Å²) in [5.74, 6) is -0.138. The maximum absolute atomic E-state index is 12.9. The first-order valence-electron chi connectivity index (χ1n) is 8.61. The maximum atomic E-state index is 12.9. The fourth-order valence-corrected chi connectivity index (χ4v) is 2.84. The van der Waals surface area contributed by atoms with Crippen molar-refractivity contribution in [2.45, 2.75) is 26.2 Å². The van der Waals surface area contributed by atoms with E-state index < -0.39 is 0 Å². The van der Waals surface area contributed by atoms with Crippen LogP contribution in [-0.4, -0.2) is 30.8 Å². The third-order valence-corrected chi connectivity index (χ3v) is 4.44. The quantitative estimate of drug-likeness (QED) is 0.860. The Morgan fingerprint density at radius 2 is 1.72 bits per heavy atom. The number of hydrogen-bond acceptors (Lipinski definition) is 2. The third kappa shape index (κ3) is 4.69. The lowest BCUT2D eigenvalue weighted by Crippen LogP contribution is -2.26. The van der Waals surface area contributed by atoms with Gasteiger partial charge in [-0.15, -0.1) is 0 Å². The zero-order valence-corrected chi connectivity index (χ0v) is 15.3. The molecule has 2 aromatic carbocycles. The molecule has 0 saturated heterocycles. The van der Waals surface area contributed by atoms with Gasteiger partial charge < -0.3 is 10.2 Å². The molecular formula is C21H26N2O2. The van der Waals surface area contributed by atoms with Crippen molar-refractivity contribution in [3.63, 3.8) is 0 Å². The average molecular weight is 338 g/mol. The minimum Gasteiger partial charge on any atom is -0.345 e. The van der Waals surface area contributed by atoms with Gasteiger partial charge >= 0.3 is 0 Å². The van der Waals surface area contributed by atoms with Gasteiger partial charge in [-0.05, 0) is 29.7 Å². The molecule has 4 heteroatoms. The molecule has 2 rings (SSSR count). The van der Waals surface area contributed by atoms with Crippen LogP contribution in [0.1, 0.15) is 42.1 Å². The van der Waals surface area contributed by atoms with Gasteiger partial charge in [-0.1, -0.05) is 56.7 Å². The van der Waals surface area contributed by atoms with Gasteiger partial charge in [0.15, 0.2) is 0 Å². The number of nitrogens with one attached hydrogen (secondary N) is 1. The molecule has 2 unspecified atom stereocenters. The maximum Gasteiger partial charge on any atom is 0.253 e. The van der Waals surface area contributed by atoms with Crippen LogP contribution in [0.2, 0.25) is 0 Å². The number of carbonyl (C=O) groups is 2. The number of nitrogens with zero attached hydrogens (tertiary/aromatic N) is 1. The van der Waals surface area contributed by atoms with Crippen molar-refractivity contribution >= 4 is 17.5 Å². The molecule has 0 aromatic heterocycles. The van der Waals surface area contributed by atoms with E-state index in [1.165, 1.54) is 4.90 Å². The summed E-state index contributed by atoms with van der Waals surface area (Å²) in [6.07, 6.45) is 0.909. The van der Waals surface area contributed by atoms with Crippen molar-refractivity contribution < 1.29 is 9.59 Å². The first-order chi connectivity index (χ1) is 11.9. The zero-order valence-electron chi connectivity index (χ0n) is 15.3. The molecule has 132 valence electrons. The molecule has 0 spiro atoms. The highest BCUT2D eigenvalue weighted by Gasteiger charge is 2.26. The van der Waals surface area contributed by atoms with Crippen LogP contribution >= 0.6 is 0 Å². The summed E-state index contributed by atoms with van der Waals surface area (Å²) in [6, 6.07) is 16.9. The molecule has 2 amide bonds. The molecule has 0 aliphatic carbocycles. The number of benzene rings is 2. The largest absolute Gasteiger partial charge is 0.345 e. The van der Waals surface area contributed by atoms with Crippen LogP contribution in [0.15, 0.2) is 54.6 Å². The number of rotatable bonds is 6. The molecule has 1 N–H and O–H groups in total. The van der Waals surface area contributed by atoms with Crippen molar-refractivity contribution in [2.24, 2.45) is 5.92 Å². The van der Waals surface area contributed by atoms with Crippen LogP contribution in [0.4, 0.5) is 5.69 Å². The van der Waals surface area contributed by atoms with Crippen LogP contribution < -0.4 is 5.32 Å². The van der Waals surface area contributed by atoms with Crippen LogP contribution in [0.25, 0.3) is 0 Å². The minimum atomic E-state index is -0.223. The summed E-state index contributed by atoms with van der Waals surface area (Å²) in [7, 11) is 3.42. The van der Waals surface area contributed by atoms with Gasteiger partial charge in [0.25, 0.3) is 5.91 Å². The van der Waals surface area contributed by atoms with Crippen molar-refractivity contribution in [3.05, 3.63) is 65.7 Å². The van der Waals surface area contributed by atoms with Crippen molar-refractivity contribution in [3.8, 4) is 0 Å². The molecule has 0 heterocycles. The Labute approximate surface area is 149 Å². The van der Waals surface area contributed by atoms with Crippen molar-refractivity contribution in [1.82, 2.24) is 4.90 Å². The molecule has 25 heavy (non-hydrogen) atoms. The van der Waals surface area contributed by atoms with E-state index in [4.69, 9.17) is 0 Å². The van der Waals surface area contributed by atoms with Gasteiger partial charge in [0.1, 0.15) is 0 Å². The summed E-state index contributed by atoms with van der Waals surface area (Å²) >= 11 is 0. The molecule has 0 aliphatic rings. The lowest BCUT2D eigenvalue weighted by atomic mass is 9.85. The van der Waals surface area contributed by atoms with Crippen molar-refractivity contribution in [1.29, 1.82) is 0 Å². The fraction of sp³-hybridized carbons (Fsp3) is 0.333. The first kappa shape index (κ1) is 18.7. The summed E-state index contributed by atoms with van der Waals surface area (Å²) in [4.78, 5) is 26.5. The third-order valence-electron chi connectivity index (χ3n) is 4.44. The van der Waals surface area contributed by atoms with E-state index in [0.717, 1.165) is 12.0 Å². The summed E-state index contributed by atoms with van der Waals surface area (Å²) in [5.41, 5.74) is 2.21. The molecule has 2 aromatic rings. The van der Waals surface area contributed by atoms with E-state index in [0.29, 0.717) is 11.3 Å². The lowest BCUT2D eigenvalue weighted by molar-refractivity contribution is -0.118. The minimum absolute atomic E-state index is 0.0463. The predicted octanol–water partition coefficient (Wildman–Crippen LogP) is 4.16. The number of carbonyl (C=O) groups excluding carboxylic acids is 2. The average Bonchev–Trinajstić information content (AvgIpc) is 2.62. The molecule has 4 nitrogen and oxygen atoms in total. The topological polar surface area (TPSA) is 49.4 Å². The van der Waals surface area contributed by atoms with Crippen LogP contribution in [0.3, 0.4) is 0 Å². The standard InChI is InChI=1S/C21H26N2O2/c1-5-15(2)19(16-10-7-6-8-11-16)20(24)22-18-13-9-12-17(14-18)21(25)23(3)4/h6-15,19H,5H2,1-4H3,(H,22,24). The monoisotopic (exact) mass is 338 g/mol. The second-order valence-electron chi connectivity index (χ2n) is 6.54. The Bertz CT molecular complexity index is 726. The molecule has 0 saturated carbocycles. The fourth-order valence-electron chi connectivity index (χ4n) is 2.84. The Morgan fingerprint density at radius 1 is 1.04 bits per heavy atom. The van der Waals surface area contributed by atoms with Gasteiger partial charge in [0.2, 0.25) is 5.91 Å². The lowest BCUT2D eigenvalue weighted by Gasteiger charge is -2.23. The predicted molar refractivity (Wildman–Crippen MR) is 102 cm³/mol. The molecule has 0 bridgehead atoms. The highest BCUT2D eigenvalue weighted by molar-refractivity contribution is 5.99. The van der Waals surface area contributed by atoms with E-state index in [-0.39, 0.29) is 23.7 Å². The van der Waals surface area contributed by atoms with E-state index in [1.807, 2.05) is 36.4 Å². The molecule has 2 atom stereocenters. The molecular weight excluding hydrogens is 312 g/mol. The Morgan fingerprint density at radius 3 is 2.32 bits per heavy atom. The number of hydrogen-bond donors (Lipinski definition) is 1. The highest BCUT2D eigenvalue weighted by atomic mass is 16.2. The van der Waals surface area contributed by atoms with Crippen molar-refractivity contribution in [2.75, 3.05) is 19.4 Å². The molecule has 0 fully saturated rings. The van der Waals surface area contributed by atoms with E-state index in [9.17, 15) is 9.59 Å². The van der Waals surface area contributed by atoms with E-state index in [2.05, 4.69) is 19.2 Å². The SMILES string of the molecule is CCC(C)C(C(=O)Nc1cccc(C(=O)N(C)C)c1)c1ccccc1. The van der Waals surface area contributed by atoms with Crippen LogP contribution in [0, 0.1) is 5.92 Å². The highest BCUT2D eigenvalue weighted by Crippen LogP contribution is 2.28. The molecule has 0 radical (unpaired) electrons. The Hall–Kier alpha value is -2.62. The van der Waals surface area contributed by atoms with Crippen LogP contribution in [-0.2, 0) is 4.79 Å². The second kappa shape index (κ2) is 8.47.